The molecule has 0 aliphatic rings. The van der Waals surface area contributed by atoms with Crippen LogP contribution in [0.3, 0.4) is 0 Å². The normalized spacial score (nSPS) is 10.4. The standard InChI is InChI=1S/C19H12ClFN2O/c20-16-6-1-13(2-7-16)12-23-18(10-5-15(11-22)19(23)24)14-3-8-17(21)9-4-14/h1-10H,12H2. The number of hydrogen-bond donors (Lipinski definition) is 0. The molecule has 24 heavy (non-hydrogen) atoms. The van der Waals surface area contributed by atoms with E-state index in [1.807, 2.05) is 18.2 Å². The van der Waals surface area contributed by atoms with Crippen molar-refractivity contribution in [2.24, 2.45) is 0 Å². The Bertz CT molecular complexity index is 970. The summed E-state index contributed by atoms with van der Waals surface area (Å²) in [6, 6.07) is 18.1. The second-order valence-electron chi connectivity index (χ2n) is 5.27. The lowest BCUT2D eigenvalue weighted by atomic mass is 10.1. The number of hydrogen-bond acceptors (Lipinski definition) is 2. The molecule has 0 atom stereocenters. The summed E-state index contributed by atoms with van der Waals surface area (Å²) >= 11 is 5.89. The van der Waals surface area contributed by atoms with Crippen LogP contribution in [0.2, 0.25) is 5.02 Å². The highest BCUT2D eigenvalue weighted by Crippen LogP contribution is 2.20. The van der Waals surface area contributed by atoms with E-state index in [0.717, 1.165) is 5.56 Å². The van der Waals surface area contributed by atoms with E-state index in [4.69, 9.17) is 16.9 Å². The molecule has 0 bridgehead atoms. The van der Waals surface area contributed by atoms with Crippen LogP contribution in [0.4, 0.5) is 4.39 Å². The molecule has 1 heterocycles. The molecule has 5 heteroatoms. The van der Waals surface area contributed by atoms with Crippen molar-refractivity contribution >= 4 is 11.6 Å². The third-order valence-electron chi connectivity index (χ3n) is 3.69. The lowest BCUT2D eigenvalue weighted by Gasteiger charge is -2.14. The minimum atomic E-state index is -0.380. The smallest absolute Gasteiger partial charge is 0.269 e. The van der Waals surface area contributed by atoms with E-state index in [-0.39, 0.29) is 23.5 Å². The Kier molecular flexibility index (Phi) is 4.45. The fourth-order valence-electron chi connectivity index (χ4n) is 2.47. The highest BCUT2D eigenvalue weighted by molar-refractivity contribution is 6.30. The molecule has 3 aromatic rings. The third-order valence-corrected chi connectivity index (χ3v) is 3.94. The molecule has 0 radical (unpaired) electrons. The molecule has 0 aliphatic carbocycles. The van der Waals surface area contributed by atoms with Gasteiger partial charge in [0, 0.05) is 5.02 Å². The quantitative estimate of drug-likeness (QED) is 0.717. The molecule has 0 unspecified atom stereocenters. The lowest BCUT2D eigenvalue weighted by Crippen LogP contribution is -2.24. The number of rotatable bonds is 3. The van der Waals surface area contributed by atoms with Gasteiger partial charge in [0.25, 0.3) is 5.56 Å². The topological polar surface area (TPSA) is 45.8 Å². The van der Waals surface area contributed by atoms with Gasteiger partial charge in [-0.15, -0.1) is 0 Å². The van der Waals surface area contributed by atoms with Gasteiger partial charge in [-0.1, -0.05) is 23.7 Å². The minimum Gasteiger partial charge on any atom is -0.303 e. The average molecular weight is 339 g/mol. The summed E-state index contributed by atoms with van der Waals surface area (Å²) in [5.74, 6) is -0.348. The van der Waals surface area contributed by atoms with Crippen LogP contribution in [0.15, 0.2) is 65.5 Å². The molecule has 1 aromatic heterocycles. The Labute approximate surface area is 143 Å². The molecule has 0 fully saturated rings. The molecule has 0 saturated heterocycles. The zero-order valence-electron chi connectivity index (χ0n) is 12.5. The van der Waals surface area contributed by atoms with Gasteiger partial charge in [-0.25, -0.2) is 4.39 Å². The Morgan fingerprint density at radius 1 is 1.00 bits per heavy atom. The highest BCUT2D eigenvalue weighted by atomic mass is 35.5. The minimum absolute atomic E-state index is 0.0647. The van der Waals surface area contributed by atoms with Gasteiger partial charge in [0.2, 0.25) is 0 Å². The first-order chi connectivity index (χ1) is 11.6. The van der Waals surface area contributed by atoms with E-state index in [2.05, 4.69) is 0 Å². The van der Waals surface area contributed by atoms with Crippen LogP contribution in [0.1, 0.15) is 11.1 Å². The van der Waals surface area contributed by atoms with Gasteiger partial charge < -0.3 is 4.57 Å². The Balaban J connectivity index is 2.14. The van der Waals surface area contributed by atoms with E-state index in [9.17, 15) is 9.18 Å². The van der Waals surface area contributed by atoms with Crippen molar-refractivity contribution in [3.05, 3.63) is 93.0 Å². The predicted molar refractivity (Wildman–Crippen MR) is 91.4 cm³/mol. The average Bonchev–Trinajstić information content (AvgIpc) is 2.59. The number of pyridine rings is 1. The molecule has 0 aliphatic heterocycles. The first-order valence-corrected chi connectivity index (χ1v) is 7.60. The van der Waals surface area contributed by atoms with Crippen LogP contribution in [-0.2, 0) is 6.54 Å². The van der Waals surface area contributed by atoms with Crippen molar-refractivity contribution in [3.63, 3.8) is 0 Å². The van der Waals surface area contributed by atoms with Crippen molar-refractivity contribution in [3.8, 4) is 17.3 Å². The maximum absolute atomic E-state index is 13.2. The van der Waals surface area contributed by atoms with E-state index in [1.165, 1.54) is 22.8 Å². The third kappa shape index (κ3) is 3.22. The summed E-state index contributed by atoms with van der Waals surface area (Å²) in [6.45, 7) is 0.290. The zero-order chi connectivity index (χ0) is 17.1. The Hall–Kier alpha value is -2.90. The SMILES string of the molecule is N#Cc1ccc(-c2ccc(F)cc2)n(Cc2ccc(Cl)cc2)c1=O. The van der Waals surface area contributed by atoms with Crippen LogP contribution in [0.5, 0.6) is 0 Å². The lowest BCUT2D eigenvalue weighted by molar-refractivity contribution is 0.628. The number of benzene rings is 2. The molecule has 0 amide bonds. The Morgan fingerprint density at radius 2 is 1.67 bits per heavy atom. The van der Waals surface area contributed by atoms with Gasteiger partial charge in [0.15, 0.2) is 0 Å². The summed E-state index contributed by atoms with van der Waals surface area (Å²) in [5.41, 5.74) is 1.88. The van der Waals surface area contributed by atoms with Crippen LogP contribution < -0.4 is 5.56 Å². The number of nitriles is 1. The van der Waals surface area contributed by atoms with Crippen LogP contribution >= 0.6 is 11.6 Å². The maximum Gasteiger partial charge on any atom is 0.269 e. The van der Waals surface area contributed by atoms with Crippen LogP contribution in [0, 0.1) is 17.1 Å². The number of halogens is 2. The fourth-order valence-corrected chi connectivity index (χ4v) is 2.59. The van der Waals surface area contributed by atoms with Crippen LogP contribution in [-0.4, -0.2) is 4.57 Å². The van der Waals surface area contributed by atoms with Crippen molar-refractivity contribution < 1.29 is 4.39 Å². The van der Waals surface area contributed by atoms with Gasteiger partial charge in [-0.05, 0) is 59.7 Å². The number of aromatic nitrogens is 1. The molecule has 118 valence electrons. The van der Waals surface area contributed by atoms with Crippen molar-refractivity contribution in [2.45, 2.75) is 6.54 Å². The number of nitrogens with zero attached hydrogens (tertiary/aromatic N) is 2. The molecular weight excluding hydrogens is 327 g/mol. The highest BCUT2D eigenvalue weighted by Gasteiger charge is 2.11. The molecule has 3 nitrogen and oxygen atoms in total. The monoisotopic (exact) mass is 338 g/mol. The molecular formula is C19H12ClFN2O. The molecule has 0 N–H and O–H groups in total. The van der Waals surface area contributed by atoms with Crippen molar-refractivity contribution in [2.75, 3.05) is 0 Å². The summed E-state index contributed by atoms with van der Waals surface area (Å²) in [6.07, 6.45) is 0. The van der Waals surface area contributed by atoms with Crippen molar-refractivity contribution in [1.29, 1.82) is 5.26 Å². The molecule has 0 spiro atoms. The van der Waals surface area contributed by atoms with Gasteiger partial charge in [0.05, 0.1) is 12.2 Å². The van der Waals surface area contributed by atoms with E-state index < -0.39 is 0 Å². The first-order valence-electron chi connectivity index (χ1n) is 7.23. The second kappa shape index (κ2) is 6.69. The second-order valence-corrected chi connectivity index (χ2v) is 5.71. The van der Waals surface area contributed by atoms with Crippen molar-refractivity contribution in [1.82, 2.24) is 4.57 Å². The molecule has 2 aromatic carbocycles. The van der Waals surface area contributed by atoms with E-state index in [0.29, 0.717) is 16.3 Å². The summed E-state index contributed by atoms with van der Waals surface area (Å²) in [5, 5.41) is 9.72. The Morgan fingerprint density at radius 3 is 2.29 bits per heavy atom. The predicted octanol–water partition coefficient (Wildman–Crippen LogP) is 4.23. The van der Waals surface area contributed by atoms with Gasteiger partial charge in [0.1, 0.15) is 17.4 Å². The largest absolute Gasteiger partial charge is 0.303 e. The van der Waals surface area contributed by atoms with Gasteiger partial charge >= 0.3 is 0 Å². The fraction of sp³-hybridized carbons (Fsp3) is 0.0526. The summed E-state index contributed by atoms with van der Waals surface area (Å²) in [7, 11) is 0. The van der Waals surface area contributed by atoms with Gasteiger partial charge in [-0.3, -0.25) is 4.79 Å². The molecule has 3 rings (SSSR count). The zero-order valence-corrected chi connectivity index (χ0v) is 13.3. The molecule has 0 saturated carbocycles. The summed E-state index contributed by atoms with van der Waals surface area (Å²) < 4.78 is 14.7. The van der Waals surface area contributed by atoms with Crippen LogP contribution in [0.25, 0.3) is 11.3 Å². The van der Waals surface area contributed by atoms with Gasteiger partial charge in [-0.2, -0.15) is 5.26 Å². The van der Waals surface area contributed by atoms with E-state index >= 15 is 0 Å². The maximum atomic E-state index is 13.2. The van der Waals surface area contributed by atoms with E-state index in [1.54, 1.807) is 30.3 Å². The summed E-state index contributed by atoms with van der Waals surface area (Å²) in [4.78, 5) is 12.6. The first kappa shape index (κ1) is 16.0.